The second kappa shape index (κ2) is 5.67. The molecule has 1 aromatic carbocycles. The minimum atomic E-state index is -0.939. The Morgan fingerprint density at radius 1 is 1.22 bits per heavy atom. The highest BCUT2D eigenvalue weighted by atomic mass is 16.4. The average molecular weight is 249 g/mol. The molecule has 1 amide bonds. The Morgan fingerprint density at radius 2 is 1.78 bits per heavy atom. The summed E-state index contributed by atoms with van der Waals surface area (Å²) in [6.45, 7) is 5.46. The molecule has 4 heteroatoms. The quantitative estimate of drug-likeness (QED) is 0.862. The van der Waals surface area contributed by atoms with Crippen LogP contribution in [0.15, 0.2) is 30.3 Å². The molecular formula is C14H19NO3. The maximum absolute atomic E-state index is 11.8. The number of carboxylic acids is 1. The van der Waals surface area contributed by atoms with Crippen molar-refractivity contribution >= 4 is 17.6 Å². The van der Waals surface area contributed by atoms with Gasteiger partial charge in [-0.3, -0.25) is 9.59 Å². The normalized spacial score (nSPS) is 12.8. The molecule has 0 aliphatic rings. The molecule has 0 bridgehead atoms. The zero-order valence-electron chi connectivity index (χ0n) is 10.9. The summed E-state index contributed by atoms with van der Waals surface area (Å²) in [4.78, 5) is 23.0. The molecule has 0 heterocycles. The highest BCUT2D eigenvalue weighted by Gasteiger charge is 2.33. The number of anilines is 1. The maximum atomic E-state index is 11.8. The van der Waals surface area contributed by atoms with Crippen molar-refractivity contribution in [3.05, 3.63) is 30.3 Å². The average Bonchev–Trinajstić information content (AvgIpc) is 2.25. The van der Waals surface area contributed by atoms with Crippen LogP contribution in [0.25, 0.3) is 0 Å². The number of nitrogens with one attached hydrogen (secondary N) is 1. The van der Waals surface area contributed by atoms with E-state index in [1.54, 1.807) is 12.1 Å². The summed E-state index contributed by atoms with van der Waals surface area (Å²) in [5.74, 6) is -1.91. The van der Waals surface area contributed by atoms with Crippen LogP contribution in [0, 0.1) is 11.3 Å². The fourth-order valence-electron chi connectivity index (χ4n) is 1.68. The number of amides is 1. The fourth-order valence-corrected chi connectivity index (χ4v) is 1.68. The van der Waals surface area contributed by atoms with Gasteiger partial charge in [0.05, 0.1) is 5.92 Å². The van der Waals surface area contributed by atoms with Crippen molar-refractivity contribution in [2.24, 2.45) is 11.3 Å². The lowest BCUT2D eigenvalue weighted by Gasteiger charge is -2.26. The molecule has 98 valence electrons. The highest BCUT2D eigenvalue weighted by Crippen LogP contribution is 2.29. The summed E-state index contributed by atoms with van der Waals surface area (Å²) < 4.78 is 0. The molecule has 0 saturated heterocycles. The molecule has 0 saturated carbocycles. The van der Waals surface area contributed by atoms with E-state index in [4.69, 9.17) is 5.11 Å². The van der Waals surface area contributed by atoms with E-state index in [0.717, 1.165) is 0 Å². The van der Waals surface area contributed by atoms with Crippen LogP contribution >= 0.6 is 0 Å². The van der Waals surface area contributed by atoms with Crippen molar-refractivity contribution in [2.45, 2.75) is 27.2 Å². The van der Waals surface area contributed by atoms with Crippen LogP contribution in [-0.2, 0) is 9.59 Å². The first kappa shape index (κ1) is 14.2. The molecule has 4 nitrogen and oxygen atoms in total. The standard InChI is InChI=1S/C14H19NO3/c1-14(2,3)11(13(17)18)9-12(16)15-10-7-5-4-6-8-10/h4-8,11H,9H2,1-3H3,(H,15,16)(H,17,18)/t11-/m1/s1. The van der Waals surface area contributed by atoms with Gasteiger partial charge in [0.25, 0.3) is 0 Å². The van der Waals surface area contributed by atoms with Crippen LogP contribution in [-0.4, -0.2) is 17.0 Å². The van der Waals surface area contributed by atoms with Crippen molar-refractivity contribution in [3.63, 3.8) is 0 Å². The first-order chi connectivity index (χ1) is 8.30. The smallest absolute Gasteiger partial charge is 0.307 e. The number of aliphatic carboxylic acids is 1. The number of carbonyl (C=O) groups excluding carboxylic acids is 1. The SMILES string of the molecule is CC(C)(C)[C@H](CC(=O)Nc1ccccc1)C(=O)O. The lowest BCUT2D eigenvalue weighted by Crippen LogP contribution is -2.32. The number of carboxylic acid groups (broad SMARTS) is 1. The van der Waals surface area contributed by atoms with Crippen molar-refractivity contribution < 1.29 is 14.7 Å². The number of rotatable bonds is 4. The molecule has 1 rings (SSSR count). The summed E-state index contributed by atoms with van der Waals surface area (Å²) in [5.41, 5.74) is 0.236. The third-order valence-electron chi connectivity index (χ3n) is 2.79. The molecule has 0 radical (unpaired) electrons. The van der Waals surface area contributed by atoms with Crippen molar-refractivity contribution in [1.82, 2.24) is 0 Å². The van der Waals surface area contributed by atoms with E-state index < -0.39 is 17.3 Å². The maximum Gasteiger partial charge on any atom is 0.307 e. The lowest BCUT2D eigenvalue weighted by molar-refractivity contribution is -0.147. The Morgan fingerprint density at radius 3 is 2.22 bits per heavy atom. The summed E-state index contributed by atoms with van der Waals surface area (Å²) >= 11 is 0. The van der Waals surface area contributed by atoms with Crippen molar-refractivity contribution in [1.29, 1.82) is 0 Å². The van der Waals surface area contributed by atoms with Crippen LogP contribution in [0.4, 0.5) is 5.69 Å². The van der Waals surface area contributed by atoms with Gasteiger partial charge >= 0.3 is 5.97 Å². The Labute approximate surface area is 107 Å². The van der Waals surface area contributed by atoms with Crippen LogP contribution in [0.2, 0.25) is 0 Å². The van der Waals surface area contributed by atoms with Crippen LogP contribution in [0.1, 0.15) is 27.2 Å². The number of hydrogen-bond acceptors (Lipinski definition) is 2. The predicted octanol–water partition coefficient (Wildman–Crippen LogP) is 2.76. The number of benzene rings is 1. The third-order valence-corrected chi connectivity index (χ3v) is 2.79. The molecule has 0 fully saturated rings. The summed E-state index contributed by atoms with van der Waals surface area (Å²) in [6, 6.07) is 9.02. The largest absolute Gasteiger partial charge is 0.481 e. The molecule has 0 aromatic heterocycles. The topological polar surface area (TPSA) is 66.4 Å². The van der Waals surface area contributed by atoms with E-state index in [1.807, 2.05) is 39.0 Å². The van der Waals surface area contributed by atoms with Gasteiger partial charge in [-0.1, -0.05) is 39.0 Å². The minimum absolute atomic E-state index is 0.0201. The number of hydrogen-bond donors (Lipinski definition) is 2. The highest BCUT2D eigenvalue weighted by molar-refractivity contribution is 5.93. The van der Waals surface area contributed by atoms with Gasteiger partial charge < -0.3 is 10.4 Å². The van der Waals surface area contributed by atoms with E-state index in [2.05, 4.69) is 5.32 Å². The third kappa shape index (κ3) is 4.20. The van der Waals surface area contributed by atoms with Gasteiger partial charge in [-0.25, -0.2) is 0 Å². The Bertz CT molecular complexity index is 420. The Balaban J connectivity index is 2.66. The molecule has 1 atom stereocenters. The first-order valence-electron chi connectivity index (χ1n) is 5.88. The van der Waals surface area contributed by atoms with E-state index in [-0.39, 0.29) is 12.3 Å². The molecule has 2 N–H and O–H groups in total. The van der Waals surface area contributed by atoms with E-state index in [0.29, 0.717) is 5.69 Å². The van der Waals surface area contributed by atoms with Gasteiger partial charge in [0, 0.05) is 12.1 Å². The Kier molecular flexibility index (Phi) is 4.48. The van der Waals surface area contributed by atoms with Crippen LogP contribution in [0.5, 0.6) is 0 Å². The van der Waals surface area contributed by atoms with Crippen molar-refractivity contribution in [3.8, 4) is 0 Å². The first-order valence-corrected chi connectivity index (χ1v) is 5.88. The van der Waals surface area contributed by atoms with Gasteiger partial charge in [0.2, 0.25) is 5.91 Å². The molecule has 0 aliphatic carbocycles. The molecule has 1 aromatic rings. The predicted molar refractivity (Wildman–Crippen MR) is 70.3 cm³/mol. The van der Waals surface area contributed by atoms with Gasteiger partial charge in [-0.2, -0.15) is 0 Å². The monoisotopic (exact) mass is 249 g/mol. The van der Waals surface area contributed by atoms with Gasteiger partial charge in [-0.05, 0) is 17.5 Å². The summed E-state index contributed by atoms with van der Waals surface area (Å²) in [7, 11) is 0. The zero-order chi connectivity index (χ0) is 13.8. The van der Waals surface area contributed by atoms with Crippen LogP contribution < -0.4 is 5.32 Å². The minimum Gasteiger partial charge on any atom is -0.481 e. The molecule has 0 aliphatic heterocycles. The van der Waals surface area contributed by atoms with Gasteiger partial charge in [-0.15, -0.1) is 0 Å². The van der Waals surface area contributed by atoms with Crippen LogP contribution in [0.3, 0.4) is 0 Å². The van der Waals surface area contributed by atoms with E-state index >= 15 is 0 Å². The molecule has 18 heavy (non-hydrogen) atoms. The van der Waals surface area contributed by atoms with E-state index in [1.165, 1.54) is 0 Å². The van der Waals surface area contributed by atoms with Crippen molar-refractivity contribution in [2.75, 3.05) is 5.32 Å². The second-order valence-electron chi connectivity index (χ2n) is 5.38. The lowest BCUT2D eigenvalue weighted by atomic mass is 9.78. The van der Waals surface area contributed by atoms with Gasteiger partial charge in [0.15, 0.2) is 0 Å². The molecule has 0 spiro atoms. The van der Waals surface area contributed by atoms with E-state index in [9.17, 15) is 9.59 Å². The number of carbonyl (C=O) groups is 2. The summed E-state index contributed by atoms with van der Waals surface area (Å²) in [6.07, 6.45) is -0.0201. The Hall–Kier alpha value is -1.84. The summed E-state index contributed by atoms with van der Waals surface area (Å²) in [5, 5.41) is 11.8. The fraction of sp³-hybridized carbons (Fsp3) is 0.429. The second-order valence-corrected chi connectivity index (χ2v) is 5.38. The number of para-hydroxylation sites is 1. The molecule has 0 unspecified atom stereocenters. The zero-order valence-corrected chi connectivity index (χ0v) is 10.9. The molecular weight excluding hydrogens is 230 g/mol. The van der Waals surface area contributed by atoms with Gasteiger partial charge in [0.1, 0.15) is 0 Å².